The average molecular weight is 428 g/mol. The number of hydrogen-bond donors (Lipinski definition) is 1. The Balaban J connectivity index is 1.43. The third-order valence-corrected chi connectivity index (χ3v) is 6.79. The normalized spacial score (nSPS) is 19.8. The largest absolute Gasteiger partial charge is 0.479 e. The number of aliphatic carboxylic acids is 1. The Morgan fingerprint density at radius 1 is 0.875 bits per heavy atom. The van der Waals surface area contributed by atoms with E-state index >= 15 is 0 Å². The number of carboxylic acids is 1. The molecule has 32 heavy (non-hydrogen) atoms. The first-order valence-electron chi connectivity index (χ1n) is 11.0. The molecule has 2 aliphatic rings. The first kappa shape index (κ1) is 20.3. The molecule has 5 nitrogen and oxygen atoms in total. The zero-order chi connectivity index (χ0) is 22.1. The van der Waals surface area contributed by atoms with E-state index < -0.39 is 17.6 Å². The minimum Gasteiger partial charge on any atom is -0.479 e. The van der Waals surface area contributed by atoms with Gasteiger partial charge in [-0.2, -0.15) is 0 Å². The summed E-state index contributed by atoms with van der Waals surface area (Å²) in [6.45, 7) is 0.533. The molecule has 1 fully saturated rings. The van der Waals surface area contributed by atoms with Crippen molar-refractivity contribution in [1.82, 2.24) is 4.90 Å². The van der Waals surface area contributed by atoms with Crippen LogP contribution in [-0.4, -0.2) is 35.2 Å². The third kappa shape index (κ3) is 3.16. The number of piperidine rings is 1. The lowest BCUT2D eigenvalue weighted by molar-refractivity contribution is -0.153. The van der Waals surface area contributed by atoms with Crippen molar-refractivity contribution in [1.29, 1.82) is 0 Å². The Bertz CT molecular complexity index is 1110. The SMILES string of the molecule is O=C(OCC1c2ccccc2-c2ccccc21)N1CCCCC1(C(=O)O)c1ccccc1. The number of amides is 1. The van der Waals surface area contributed by atoms with Crippen LogP contribution in [0.3, 0.4) is 0 Å². The van der Waals surface area contributed by atoms with E-state index in [-0.39, 0.29) is 12.5 Å². The molecule has 1 heterocycles. The summed E-state index contributed by atoms with van der Waals surface area (Å²) in [4.78, 5) is 27.3. The molecule has 1 aliphatic heterocycles. The smallest absolute Gasteiger partial charge is 0.411 e. The summed E-state index contributed by atoms with van der Waals surface area (Å²) in [7, 11) is 0. The number of carbonyl (C=O) groups excluding carboxylic acids is 1. The van der Waals surface area contributed by atoms with Gasteiger partial charge in [0, 0.05) is 12.5 Å². The molecule has 1 amide bonds. The number of hydrogen-bond acceptors (Lipinski definition) is 3. The summed E-state index contributed by atoms with van der Waals surface area (Å²) in [5.74, 6) is -1.08. The molecule has 3 aromatic rings. The monoisotopic (exact) mass is 427 g/mol. The Kier molecular flexibility index (Phi) is 5.17. The molecule has 1 aliphatic carbocycles. The van der Waals surface area contributed by atoms with Crippen molar-refractivity contribution >= 4 is 12.1 Å². The van der Waals surface area contributed by atoms with Crippen LogP contribution in [0.4, 0.5) is 4.79 Å². The van der Waals surface area contributed by atoms with Crippen LogP contribution in [0.1, 0.15) is 41.9 Å². The van der Waals surface area contributed by atoms with Crippen LogP contribution in [0.25, 0.3) is 11.1 Å². The molecule has 0 bridgehead atoms. The summed E-state index contributed by atoms with van der Waals surface area (Å²) in [6, 6.07) is 25.4. The summed E-state index contributed by atoms with van der Waals surface area (Å²) >= 11 is 0. The second-order valence-electron chi connectivity index (χ2n) is 8.44. The van der Waals surface area contributed by atoms with Gasteiger partial charge in [0.25, 0.3) is 0 Å². The first-order chi connectivity index (χ1) is 15.6. The number of carbonyl (C=O) groups is 2. The van der Waals surface area contributed by atoms with Gasteiger partial charge in [-0.3, -0.25) is 4.90 Å². The molecule has 0 saturated carbocycles. The summed E-state index contributed by atoms with van der Waals surface area (Å²) in [5, 5.41) is 10.3. The van der Waals surface area contributed by atoms with Crippen LogP contribution >= 0.6 is 0 Å². The molecular weight excluding hydrogens is 402 g/mol. The van der Waals surface area contributed by atoms with E-state index in [2.05, 4.69) is 24.3 Å². The maximum Gasteiger partial charge on any atom is 0.411 e. The van der Waals surface area contributed by atoms with E-state index in [0.717, 1.165) is 35.1 Å². The van der Waals surface area contributed by atoms with Crippen molar-refractivity contribution in [2.75, 3.05) is 13.2 Å². The molecule has 1 atom stereocenters. The average Bonchev–Trinajstić information content (AvgIpc) is 3.16. The van der Waals surface area contributed by atoms with Crippen LogP contribution in [0.2, 0.25) is 0 Å². The van der Waals surface area contributed by atoms with Gasteiger partial charge in [-0.25, -0.2) is 9.59 Å². The highest BCUT2D eigenvalue weighted by molar-refractivity contribution is 5.86. The minimum atomic E-state index is -1.40. The maximum atomic E-state index is 13.3. The minimum absolute atomic E-state index is 0.0629. The fourth-order valence-electron chi connectivity index (χ4n) is 5.26. The molecule has 0 spiro atoms. The van der Waals surface area contributed by atoms with E-state index in [9.17, 15) is 14.7 Å². The van der Waals surface area contributed by atoms with Gasteiger partial charge in [0.15, 0.2) is 5.54 Å². The summed E-state index contributed by atoms with van der Waals surface area (Å²) < 4.78 is 5.83. The van der Waals surface area contributed by atoms with Gasteiger partial charge in [0.1, 0.15) is 6.61 Å². The standard InChI is InChI=1S/C27H25NO4/c29-25(30)27(19-10-2-1-3-11-19)16-8-9-17-28(27)26(31)32-18-24-22-14-6-4-12-20(22)21-13-5-7-15-23(21)24/h1-7,10-15,24H,8-9,16-18H2,(H,29,30). The fourth-order valence-corrected chi connectivity index (χ4v) is 5.26. The van der Waals surface area contributed by atoms with E-state index in [1.54, 1.807) is 12.1 Å². The van der Waals surface area contributed by atoms with Gasteiger partial charge in [0.2, 0.25) is 0 Å². The second kappa shape index (κ2) is 8.15. The Morgan fingerprint density at radius 3 is 2.09 bits per heavy atom. The Labute approximate surface area is 187 Å². The van der Waals surface area contributed by atoms with Gasteiger partial charge in [0.05, 0.1) is 0 Å². The van der Waals surface area contributed by atoms with Crippen molar-refractivity contribution in [3.63, 3.8) is 0 Å². The van der Waals surface area contributed by atoms with Crippen LogP contribution < -0.4 is 0 Å². The Morgan fingerprint density at radius 2 is 1.47 bits per heavy atom. The lowest BCUT2D eigenvalue weighted by Crippen LogP contribution is -2.57. The van der Waals surface area contributed by atoms with E-state index in [0.29, 0.717) is 18.5 Å². The molecule has 0 radical (unpaired) electrons. The first-order valence-corrected chi connectivity index (χ1v) is 11.0. The van der Waals surface area contributed by atoms with Gasteiger partial charge >= 0.3 is 12.1 Å². The molecule has 5 heteroatoms. The predicted molar refractivity (Wildman–Crippen MR) is 121 cm³/mol. The molecular formula is C27H25NO4. The van der Waals surface area contributed by atoms with Crippen LogP contribution in [0, 0.1) is 0 Å². The number of benzene rings is 3. The number of nitrogens with zero attached hydrogens (tertiary/aromatic N) is 1. The van der Waals surface area contributed by atoms with Crippen molar-refractivity contribution in [3.8, 4) is 11.1 Å². The number of likely N-dealkylation sites (tertiary alicyclic amines) is 1. The van der Waals surface area contributed by atoms with Gasteiger partial charge < -0.3 is 9.84 Å². The predicted octanol–water partition coefficient (Wildman–Crippen LogP) is 5.40. The highest BCUT2D eigenvalue weighted by Crippen LogP contribution is 2.45. The van der Waals surface area contributed by atoms with Crippen LogP contribution in [-0.2, 0) is 15.1 Å². The number of carboxylic acid groups (broad SMARTS) is 1. The molecule has 5 rings (SSSR count). The lowest BCUT2D eigenvalue weighted by atomic mass is 9.80. The summed E-state index contributed by atoms with van der Waals surface area (Å²) in [6.07, 6.45) is 1.30. The molecule has 0 aromatic heterocycles. The molecule has 162 valence electrons. The molecule has 1 saturated heterocycles. The molecule has 1 unspecified atom stereocenters. The van der Waals surface area contributed by atoms with Crippen molar-refractivity contribution < 1.29 is 19.4 Å². The van der Waals surface area contributed by atoms with E-state index in [4.69, 9.17) is 4.74 Å². The van der Waals surface area contributed by atoms with E-state index in [1.165, 1.54) is 4.90 Å². The van der Waals surface area contributed by atoms with Crippen LogP contribution in [0.15, 0.2) is 78.9 Å². The topological polar surface area (TPSA) is 66.8 Å². The maximum absolute atomic E-state index is 13.3. The number of fused-ring (bicyclic) bond motifs is 3. The van der Waals surface area contributed by atoms with Gasteiger partial charge in [-0.1, -0.05) is 78.9 Å². The highest BCUT2D eigenvalue weighted by Gasteiger charge is 2.50. The summed E-state index contributed by atoms with van der Waals surface area (Å²) in [5.41, 5.74) is 3.79. The van der Waals surface area contributed by atoms with Crippen molar-refractivity contribution in [2.45, 2.75) is 30.7 Å². The zero-order valence-electron chi connectivity index (χ0n) is 17.7. The van der Waals surface area contributed by atoms with Gasteiger partial charge in [-0.15, -0.1) is 0 Å². The zero-order valence-corrected chi connectivity index (χ0v) is 17.7. The van der Waals surface area contributed by atoms with E-state index in [1.807, 2.05) is 42.5 Å². The van der Waals surface area contributed by atoms with Gasteiger partial charge in [-0.05, 0) is 47.1 Å². The van der Waals surface area contributed by atoms with Crippen molar-refractivity contribution in [3.05, 3.63) is 95.6 Å². The Hall–Kier alpha value is -3.60. The van der Waals surface area contributed by atoms with Crippen molar-refractivity contribution in [2.24, 2.45) is 0 Å². The lowest BCUT2D eigenvalue weighted by Gasteiger charge is -2.43. The molecule has 3 aromatic carbocycles. The molecule has 1 N–H and O–H groups in total. The highest BCUT2D eigenvalue weighted by atomic mass is 16.6. The quantitative estimate of drug-likeness (QED) is 0.605. The second-order valence-corrected chi connectivity index (χ2v) is 8.44. The van der Waals surface area contributed by atoms with Crippen LogP contribution in [0.5, 0.6) is 0 Å². The number of ether oxygens (including phenoxy) is 1. The third-order valence-electron chi connectivity index (χ3n) is 6.79. The fraction of sp³-hybridized carbons (Fsp3) is 0.259. The number of rotatable bonds is 4.